The molecule has 0 spiro atoms. The summed E-state index contributed by atoms with van der Waals surface area (Å²) in [5.41, 5.74) is 1.95. The van der Waals surface area contributed by atoms with E-state index in [0.29, 0.717) is 25.2 Å². The first-order chi connectivity index (χ1) is 17.6. The number of carbonyl (C=O) groups is 1. The van der Waals surface area contributed by atoms with Crippen molar-refractivity contribution in [1.29, 1.82) is 0 Å². The summed E-state index contributed by atoms with van der Waals surface area (Å²) in [5.74, 6) is -1.60. The predicted molar refractivity (Wildman–Crippen MR) is 140 cm³/mol. The van der Waals surface area contributed by atoms with Crippen molar-refractivity contribution in [1.82, 2.24) is 19.4 Å². The highest BCUT2D eigenvalue weighted by molar-refractivity contribution is 8.12. The number of aromatic nitrogens is 2. The number of alkyl halides is 3. The van der Waals surface area contributed by atoms with Crippen LogP contribution in [-0.4, -0.2) is 62.2 Å². The molecule has 0 N–H and O–H groups in total. The molecule has 2 heterocycles. The Hall–Kier alpha value is -3.18. The highest BCUT2D eigenvalue weighted by Crippen LogP contribution is 2.31. The van der Waals surface area contributed by atoms with E-state index < -0.39 is 12.1 Å². The average molecular weight is 534 g/mol. The largest absolute Gasteiger partial charge is 0.470 e. The van der Waals surface area contributed by atoms with Crippen LogP contribution in [-0.2, 0) is 12.7 Å². The fourth-order valence-electron chi connectivity index (χ4n) is 4.59. The monoisotopic (exact) mass is 533 g/mol. The SMILES string of the molecule is C/C=S(\C)N1[C@H](C)CN(C(=O)N(Cc2ccc(-c3nnc(C(F)(F)F)o3)cc2)c2ccccc2)C[C@@H]1C. The molecular formula is C26H30F3N5O2S. The molecule has 1 unspecified atom stereocenters. The van der Waals surface area contributed by atoms with E-state index in [9.17, 15) is 18.0 Å². The van der Waals surface area contributed by atoms with E-state index in [0.717, 1.165) is 11.3 Å². The van der Waals surface area contributed by atoms with Crippen LogP contribution in [0.1, 0.15) is 32.2 Å². The second-order valence-corrected chi connectivity index (χ2v) is 11.0. The Morgan fingerprint density at radius 2 is 1.70 bits per heavy atom. The van der Waals surface area contributed by atoms with Gasteiger partial charge in [-0.15, -0.1) is 20.9 Å². The maximum Gasteiger partial charge on any atom is 0.470 e. The van der Waals surface area contributed by atoms with E-state index in [1.54, 1.807) is 29.2 Å². The minimum atomic E-state index is -4.70. The summed E-state index contributed by atoms with van der Waals surface area (Å²) in [7, 11) is 0.0255. The van der Waals surface area contributed by atoms with Crippen LogP contribution >= 0.6 is 10.7 Å². The number of hydrogen-bond donors (Lipinski definition) is 0. The summed E-state index contributed by atoms with van der Waals surface area (Å²) in [5, 5.41) is 8.78. The Morgan fingerprint density at radius 3 is 2.24 bits per heavy atom. The summed E-state index contributed by atoms with van der Waals surface area (Å²) in [4.78, 5) is 17.4. The van der Waals surface area contributed by atoms with Crippen LogP contribution in [0.4, 0.5) is 23.7 Å². The molecule has 7 nitrogen and oxygen atoms in total. The minimum absolute atomic E-state index is 0.0255. The second kappa shape index (κ2) is 11.1. The van der Waals surface area contributed by atoms with Gasteiger partial charge in [0.2, 0.25) is 5.89 Å². The van der Waals surface area contributed by atoms with Crippen molar-refractivity contribution in [3.8, 4) is 11.5 Å². The van der Waals surface area contributed by atoms with Crippen LogP contribution in [0.5, 0.6) is 0 Å². The third-order valence-corrected chi connectivity index (χ3v) is 8.36. The van der Waals surface area contributed by atoms with Crippen molar-refractivity contribution in [3.63, 3.8) is 0 Å². The lowest BCUT2D eigenvalue weighted by molar-refractivity contribution is -0.156. The predicted octanol–water partition coefficient (Wildman–Crippen LogP) is 5.91. The molecule has 0 bridgehead atoms. The number of anilines is 1. The average Bonchev–Trinajstić information content (AvgIpc) is 3.38. The molecule has 1 aliphatic rings. The number of amides is 2. The molecule has 198 valence electrons. The molecule has 1 fully saturated rings. The lowest BCUT2D eigenvalue weighted by Gasteiger charge is -2.46. The Labute approximate surface area is 216 Å². The number of benzene rings is 2. The van der Waals surface area contributed by atoms with Gasteiger partial charge >= 0.3 is 18.1 Å². The van der Waals surface area contributed by atoms with Gasteiger partial charge in [0.15, 0.2) is 0 Å². The van der Waals surface area contributed by atoms with Crippen molar-refractivity contribution in [3.05, 3.63) is 66.1 Å². The Balaban J connectivity index is 1.55. The van der Waals surface area contributed by atoms with Crippen LogP contribution in [0, 0.1) is 0 Å². The fraction of sp³-hybridized carbons (Fsp3) is 0.385. The molecule has 11 heteroatoms. The molecule has 1 saturated heterocycles. The second-order valence-electron chi connectivity index (χ2n) is 9.03. The highest BCUT2D eigenvalue weighted by atomic mass is 32.2. The van der Waals surface area contributed by atoms with Crippen LogP contribution in [0.2, 0.25) is 0 Å². The van der Waals surface area contributed by atoms with Gasteiger partial charge in [-0.05, 0) is 56.9 Å². The van der Waals surface area contributed by atoms with Crippen molar-refractivity contribution in [2.24, 2.45) is 0 Å². The summed E-state index contributed by atoms with van der Waals surface area (Å²) < 4.78 is 45.6. The maximum atomic E-state index is 13.8. The molecule has 3 atom stereocenters. The molecule has 2 amide bonds. The van der Waals surface area contributed by atoms with Gasteiger partial charge in [-0.2, -0.15) is 13.2 Å². The van der Waals surface area contributed by atoms with Gasteiger partial charge in [0.1, 0.15) is 0 Å². The number of nitrogens with zero attached hydrogens (tertiary/aromatic N) is 5. The Kier molecular flexibility index (Phi) is 8.03. The lowest BCUT2D eigenvalue weighted by atomic mass is 10.1. The summed E-state index contributed by atoms with van der Waals surface area (Å²) in [6.07, 6.45) is -2.50. The quantitative estimate of drug-likeness (QED) is 0.382. The van der Waals surface area contributed by atoms with E-state index in [-0.39, 0.29) is 34.7 Å². The van der Waals surface area contributed by atoms with Crippen LogP contribution in [0.25, 0.3) is 11.5 Å². The van der Waals surface area contributed by atoms with Crippen molar-refractivity contribution in [2.75, 3.05) is 24.2 Å². The number of para-hydroxylation sites is 1. The maximum absolute atomic E-state index is 13.8. The van der Waals surface area contributed by atoms with Gasteiger partial charge in [-0.1, -0.05) is 35.7 Å². The Morgan fingerprint density at radius 1 is 1.08 bits per heavy atom. The van der Waals surface area contributed by atoms with Crippen LogP contribution in [0.15, 0.2) is 59.0 Å². The minimum Gasteiger partial charge on any atom is -0.413 e. The zero-order valence-electron chi connectivity index (χ0n) is 21.1. The summed E-state index contributed by atoms with van der Waals surface area (Å²) >= 11 is 0. The lowest BCUT2D eigenvalue weighted by Crippen LogP contribution is -2.58. The van der Waals surface area contributed by atoms with Gasteiger partial charge in [-0.3, -0.25) is 4.90 Å². The number of hydrogen-bond acceptors (Lipinski definition) is 5. The van der Waals surface area contributed by atoms with Crippen molar-refractivity contribution < 1.29 is 22.4 Å². The van der Waals surface area contributed by atoms with E-state index in [4.69, 9.17) is 4.42 Å². The number of rotatable bonds is 5. The fourth-order valence-corrected chi connectivity index (χ4v) is 6.10. The third-order valence-electron chi connectivity index (χ3n) is 6.29. The first-order valence-corrected chi connectivity index (χ1v) is 13.6. The van der Waals surface area contributed by atoms with Crippen molar-refractivity contribution >= 4 is 27.8 Å². The molecule has 3 aromatic rings. The number of carbonyl (C=O) groups excluding carboxylic acids is 1. The molecule has 0 radical (unpaired) electrons. The molecule has 0 aliphatic carbocycles. The molecule has 2 aromatic carbocycles. The van der Waals surface area contributed by atoms with Gasteiger partial charge in [0.05, 0.1) is 6.54 Å². The molecular weight excluding hydrogens is 503 g/mol. The topological polar surface area (TPSA) is 65.7 Å². The van der Waals surface area contributed by atoms with Crippen LogP contribution < -0.4 is 4.90 Å². The Bertz CT molecular complexity index is 1240. The smallest absolute Gasteiger partial charge is 0.413 e. The van der Waals surface area contributed by atoms with Gasteiger partial charge in [0, 0.05) is 36.4 Å². The number of piperazine rings is 1. The van der Waals surface area contributed by atoms with Gasteiger partial charge in [0.25, 0.3) is 0 Å². The third kappa shape index (κ3) is 6.04. The highest BCUT2D eigenvalue weighted by Gasteiger charge is 2.38. The summed E-state index contributed by atoms with van der Waals surface area (Å²) in [6.45, 7) is 7.90. The molecule has 1 aliphatic heterocycles. The molecule has 0 saturated carbocycles. The zero-order chi connectivity index (χ0) is 26.7. The van der Waals surface area contributed by atoms with Crippen LogP contribution in [0.3, 0.4) is 0 Å². The normalized spacial score (nSPS) is 19.7. The van der Waals surface area contributed by atoms with E-state index in [1.807, 2.05) is 35.2 Å². The van der Waals surface area contributed by atoms with E-state index in [1.165, 1.54) is 0 Å². The number of urea groups is 1. The molecule has 1 aromatic heterocycles. The molecule has 37 heavy (non-hydrogen) atoms. The van der Waals surface area contributed by atoms with E-state index in [2.05, 4.69) is 46.9 Å². The standard InChI is InChI=1S/C26H30F3N5O2S/c1-5-37(4)34-18(2)15-32(16-19(34)3)25(35)33(22-9-7-6-8-10-22)17-20-11-13-21(14-12-20)23-30-31-24(36-23)26(27,28)29/h5-14,18-19H,15-17H2,1-4H3/t18-,19+,37?. The summed E-state index contributed by atoms with van der Waals surface area (Å²) in [6, 6.07) is 16.5. The first-order valence-electron chi connectivity index (χ1n) is 11.9. The van der Waals surface area contributed by atoms with E-state index >= 15 is 0 Å². The zero-order valence-corrected chi connectivity index (χ0v) is 22.0. The van der Waals surface area contributed by atoms with Crippen molar-refractivity contribution in [2.45, 2.75) is 45.6 Å². The molecule has 4 rings (SSSR count). The number of halogens is 3. The van der Waals surface area contributed by atoms with Gasteiger partial charge in [-0.25, -0.2) is 9.10 Å². The first kappa shape index (κ1) is 26.9. The van der Waals surface area contributed by atoms with Gasteiger partial charge < -0.3 is 9.32 Å².